The Morgan fingerprint density at radius 3 is 2.36 bits per heavy atom. The maximum absolute atomic E-state index is 14.5. The Hall–Kier alpha value is -4.49. The highest BCUT2D eigenvalue weighted by Gasteiger charge is 2.38. The molecule has 2 aliphatic rings. The summed E-state index contributed by atoms with van der Waals surface area (Å²) in [5.41, 5.74) is 6.59. The number of nitrogens with one attached hydrogen (secondary N) is 1. The Balaban J connectivity index is 1.44. The SMILES string of the molecule is COc1cc2c(cc1O)C(Cc1ccc(OC)c(OC)c1)N(C(C(=O)NC1CCc3ccccc31)c1ccccc1)CCC2. The van der Waals surface area contributed by atoms with Crippen LogP contribution in [0.5, 0.6) is 23.0 Å². The zero-order valence-corrected chi connectivity index (χ0v) is 25.6. The highest BCUT2D eigenvalue weighted by molar-refractivity contribution is 5.84. The molecule has 1 heterocycles. The molecule has 1 aliphatic carbocycles. The molecule has 228 valence electrons. The van der Waals surface area contributed by atoms with Gasteiger partial charge < -0.3 is 24.6 Å². The van der Waals surface area contributed by atoms with Crippen molar-refractivity contribution in [1.82, 2.24) is 10.2 Å². The second-order valence-electron chi connectivity index (χ2n) is 11.6. The van der Waals surface area contributed by atoms with E-state index in [2.05, 4.69) is 28.4 Å². The second-order valence-corrected chi connectivity index (χ2v) is 11.6. The third kappa shape index (κ3) is 5.84. The molecule has 6 rings (SSSR count). The summed E-state index contributed by atoms with van der Waals surface area (Å²) in [6, 6.07) is 27.4. The molecule has 3 atom stereocenters. The van der Waals surface area contributed by atoms with Crippen LogP contribution < -0.4 is 19.5 Å². The monoisotopic (exact) mass is 592 g/mol. The lowest BCUT2D eigenvalue weighted by Gasteiger charge is -2.38. The summed E-state index contributed by atoms with van der Waals surface area (Å²) in [6.45, 7) is 0.698. The highest BCUT2D eigenvalue weighted by atomic mass is 16.5. The number of aromatic hydroxyl groups is 1. The number of carbonyl (C=O) groups is 1. The van der Waals surface area contributed by atoms with Crippen molar-refractivity contribution in [3.05, 3.63) is 118 Å². The van der Waals surface area contributed by atoms with Crippen LogP contribution in [0.15, 0.2) is 84.9 Å². The summed E-state index contributed by atoms with van der Waals surface area (Å²) in [5, 5.41) is 14.4. The van der Waals surface area contributed by atoms with E-state index in [1.165, 1.54) is 11.1 Å². The molecule has 1 aliphatic heterocycles. The molecule has 0 saturated carbocycles. The maximum atomic E-state index is 14.5. The molecule has 1 amide bonds. The standard InChI is InChI=1S/C37H40N2O5/c1-42-33-18-15-24(21-35(33)44-3)20-31-29-23-32(40)34(43-2)22-27(29)13-9-19-39(31)36(26-11-5-4-6-12-26)37(41)38-30-17-16-25-10-7-8-14-28(25)30/h4-8,10-12,14-15,18,21-23,30-31,36,40H,9,13,16-17,19-20H2,1-3H3,(H,38,41). The van der Waals surface area contributed by atoms with E-state index >= 15 is 0 Å². The first-order chi connectivity index (χ1) is 21.5. The van der Waals surface area contributed by atoms with Gasteiger partial charge in [0.25, 0.3) is 0 Å². The van der Waals surface area contributed by atoms with Crippen LogP contribution >= 0.6 is 0 Å². The van der Waals surface area contributed by atoms with E-state index in [4.69, 9.17) is 14.2 Å². The molecule has 44 heavy (non-hydrogen) atoms. The molecular formula is C37H40N2O5. The summed E-state index contributed by atoms with van der Waals surface area (Å²) >= 11 is 0. The van der Waals surface area contributed by atoms with E-state index in [0.29, 0.717) is 30.2 Å². The molecule has 0 spiro atoms. The van der Waals surface area contributed by atoms with Crippen molar-refractivity contribution in [2.75, 3.05) is 27.9 Å². The lowest BCUT2D eigenvalue weighted by atomic mass is 9.91. The van der Waals surface area contributed by atoms with Crippen molar-refractivity contribution >= 4 is 5.91 Å². The third-order valence-corrected chi connectivity index (χ3v) is 9.08. The lowest BCUT2D eigenvalue weighted by molar-refractivity contribution is -0.128. The molecule has 0 saturated heterocycles. The second kappa shape index (κ2) is 13.0. The Bertz CT molecular complexity index is 1620. The number of methoxy groups -OCH3 is 3. The Kier molecular flexibility index (Phi) is 8.75. The topological polar surface area (TPSA) is 80.3 Å². The number of phenolic OH excluding ortho intramolecular Hbond substituents is 1. The van der Waals surface area contributed by atoms with Crippen LogP contribution in [0.3, 0.4) is 0 Å². The maximum Gasteiger partial charge on any atom is 0.242 e. The summed E-state index contributed by atoms with van der Waals surface area (Å²) in [5.74, 6) is 1.85. The molecule has 7 nitrogen and oxygen atoms in total. The van der Waals surface area contributed by atoms with Gasteiger partial charge in [-0.25, -0.2) is 0 Å². The molecule has 4 aromatic rings. The zero-order valence-electron chi connectivity index (χ0n) is 25.6. The Morgan fingerprint density at radius 2 is 1.59 bits per heavy atom. The van der Waals surface area contributed by atoms with Crippen molar-refractivity contribution in [1.29, 1.82) is 0 Å². The van der Waals surface area contributed by atoms with Crippen LogP contribution in [0.1, 0.15) is 64.3 Å². The number of carbonyl (C=O) groups excluding carboxylic acids is 1. The quantitative estimate of drug-likeness (QED) is 0.231. The number of ether oxygens (including phenoxy) is 3. The van der Waals surface area contributed by atoms with Crippen molar-refractivity contribution in [2.45, 2.75) is 50.2 Å². The summed E-state index contributed by atoms with van der Waals surface area (Å²) in [6.07, 6.45) is 4.10. The van der Waals surface area contributed by atoms with Crippen LogP contribution in [0, 0.1) is 0 Å². The van der Waals surface area contributed by atoms with Crippen LogP contribution in [0.4, 0.5) is 0 Å². The molecule has 0 aromatic heterocycles. The largest absolute Gasteiger partial charge is 0.504 e. The average Bonchev–Trinajstić information content (AvgIpc) is 3.38. The number of hydrogen-bond donors (Lipinski definition) is 2. The molecular weight excluding hydrogens is 552 g/mol. The summed E-state index contributed by atoms with van der Waals surface area (Å²) in [7, 11) is 4.83. The Labute approximate surface area is 259 Å². The summed E-state index contributed by atoms with van der Waals surface area (Å²) < 4.78 is 16.6. The first-order valence-electron chi connectivity index (χ1n) is 15.3. The van der Waals surface area contributed by atoms with Crippen LogP contribution in [-0.2, 0) is 24.1 Å². The minimum atomic E-state index is -0.538. The van der Waals surface area contributed by atoms with E-state index < -0.39 is 6.04 Å². The third-order valence-electron chi connectivity index (χ3n) is 9.08. The van der Waals surface area contributed by atoms with Crippen LogP contribution in [0.2, 0.25) is 0 Å². The van der Waals surface area contributed by atoms with Gasteiger partial charge in [0, 0.05) is 12.6 Å². The molecule has 2 N–H and O–H groups in total. The first-order valence-corrected chi connectivity index (χ1v) is 15.3. The first kappa shape index (κ1) is 29.6. The molecule has 0 fully saturated rings. The van der Waals surface area contributed by atoms with Crippen molar-refractivity contribution < 1.29 is 24.1 Å². The summed E-state index contributed by atoms with van der Waals surface area (Å²) in [4.78, 5) is 16.8. The smallest absolute Gasteiger partial charge is 0.242 e. The molecule has 7 heteroatoms. The van der Waals surface area contributed by atoms with Gasteiger partial charge in [-0.15, -0.1) is 0 Å². The molecule has 4 aromatic carbocycles. The number of fused-ring (bicyclic) bond motifs is 2. The van der Waals surface area contributed by atoms with Gasteiger partial charge >= 0.3 is 0 Å². The molecule has 0 radical (unpaired) electrons. The number of nitrogens with zero attached hydrogens (tertiary/aromatic N) is 1. The average molecular weight is 593 g/mol. The number of aryl methyl sites for hydroxylation is 2. The van der Waals surface area contributed by atoms with Crippen molar-refractivity contribution in [3.63, 3.8) is 0 Å². The van der Waals surface area contributed by atoms with Crippen LogP contribution in [-0.4, -0.2) is 43.8 Å². The normalized spacial score (nSPS) is 18.4. The van der Waals surface area contributed by atoms with E-state index in [9.17, 15) is 9.90 Å². The van der Waals surface area contributed by atoms with Gasteiger partial charge in [-0.3, -0.25) is 9.69 Å². The van der Waals surface area contributed by atoms with Gasteiger partial charge in [-0.2, -0.15) is 0 Å². The number of amides is 1. The number of rotatable bonds is 9. The minimum absolute atomic E-state index is 0.0172. The van der Waals surface area contributed by atoms with Gasteiger partial charge in [0.1, 0.15) is 6.04 Å². The van der Waals surface area contributed by atoms with Crippen LogP contribution in [0.25, 0.3) is 0 Å². The van der Waals surface area contributed by atoms with Crippen molar-refractivity contribution in [2.24, 2.45) is 0 Å². The van der Waals surface area contributed by atoms with E-state index in [1.807, 2.05) is 66.7 Å². The van der Waals surface area contributed by atoms with E-state index in [0.717, 1.165) is 47.9 Å². The van der Waals surface area contributed by atoms with Gasteiger partial charge in [0.05, 0.1) is 27.4 Å². The van der Waals surface area contributed by atoms with Gasteiger partial charge in [-0.1, -0.05) is 60.7 Å². The van der Waals surface area contributed by atoms with Gasteiger partial charge in [-0.05, 0) is 89.8 Å². The van der Waals surface area contributed by atoms with E-state index in [1.54, 1.807) is 21.3 Å². The number of hydrogen-bond acceptors (Lipinski definition) is 6. The van der Waals surface area contributed by atoms with Crippen molar-refractivity contribution in [3.8, 4) is 23.0 Å². The fraction of sp³-hybridized carbons (Fsp3) is 0.324. The predicted molar refractivity (Wildman–Crippen MR) is 171 cm³/mol. The fourth-order valence-electron chi connectivity index (χ4n) is 6.96. The predicted octanol–water partition coefficient (Wildman–Crippen LogP) is 6.50. The molecule has 0 bridgehead atoms. The van der Waals surface area contributed by atoms with Gasteiger partial charge in [0.15, 0.2) is 23.0 Å². The Morgan fingerprint density at radius 1 is 0.841 bits per heavy atom. The highest BCUT2D eigenvalue weighted by Crippen LogP contribution is 2.43. The lowest BCUT2D eigenvalue weighted by Crippen LogP contribution is -2.44. The van der Waals surface area contributed by atoms with E-state index in [-0.39, 0.29) is 23.7 Å². The minimum Gasteiger partial charge on any atom is -0.504 e. The van der Waals surface area contributed by atoms with Gasteiger partial charge in [0.2, 0.25) is 5.91 Å². The number of phenols is 1. The number of benzene rings is 4. The molecule has 3 unspecified atom stereocenters. The zero-order chi connectivity index (χ0) is 30.6. The fourth-order valence-corrected chi connectivity index (χ4v) is 6.96.